The number of carbonyl (C=O) groups excluding carboxylic acids is 1. The summed E-state index contributed by atoms with van der Waals surface area (Å²) in [4.78, 5) is 22.9. The van der Waals surface area contributed by atoms with E-state index in [9.17, 15) is 14.7 Å². The van der Waals surface area contributed by atoms with Gasteiger partial charge in [-0.1, -0.05) is 6.92 Å². The molecular weight excluding hydrogens is 208 g/mol. The second-order valence-corrected chi connectivity index (χ2v) is 3.45. The zero-order valence-corrected chi connectivity index (χ0v) is 8.69. The van der Waals surface area contributed by atoms with E-state index in [4.69, 9.17) is 4.42 Å². The normalized spacial score (nSPS) is 10.6. The van der Waals surface area contributed by atoms with Gasteiger partial charge in [0, 0.05) is 17.9 Å². The van der Waals surface area contributed by atoms with E-state index in [2.05, 4.69) is 0 Å². The summed E-state index contributed by atoms with van der Waals surface area (Å²) in [6, 6.07) is 5.91. The van der Waals surface area contributed by atoms with Crippen molar-refractivity contribution in [2.75, 3.05) is 0 Å². The Hall–Kier alpha value is -2.10. The fourth-order valence-electron chi connectivity index (χ4n) is 1.48. The highest BCUT2D eigenvalue weighted by atomic mass is 16.4. The van der Waals surface area contributed by atoms with Gasteiger partial charge < -0.3 is 9.52 Å². The van der Waals surface area contributed by atoms with Gasteiger partial charge in [0.15, 0.2) is 5.78 Å². The van der Waals surface area contributed by atoms with E-state index in [0.29, 0.717) is 5.39 Å². The topological polar surface area (TPSA) is 67.5 Å². The lowest BCUT2D eigenvalue weighted by Gasteiger charge is -2.00. The van der Waals surface area contributed by atoms with Crippen LogP contribution in [0.4, 0.5) is 0 Å². The Balaban J connectivity index is 2.72. The first-order valence-corrected chi connectivity index (χ1v) is 4.92. The summed E-state index contributed by atoms with van der Waals surface area (Å²) in [5.41, 5.74) is -0.330. The van der Waals surface area contributed by atoms with Crippen LogP contribution in [0.2, 0.25) is 0 Å². The van der Waals surface area contributed by atoms with Crippen molar-refractivity contribution in [1.82, 2.24) is 0 Å². The SMILES string of the molecule is CCC(=O)c1cc2ccc(O)cc2oc1=O. The Bertz CT molecular complexity index is 610. The Morgan fingerprint density at radius 1 is 1.38 bits per heavy atom. The van der Waals surface area contributed by atoms with Crippen molar-refractivity contribution in [2.24, 2.45) is 0 Å². The van der Waals surface area contributed by atoms with Gasteiger partial charge >= 0.3 is 5.63 Å². The highest BCUT2D eigenvalue weighted by molar-refractivity contribution is 5.98. The van der Waals surface area contributed by atoms with Crippen molar-refractivity contribution in [3.05, 3.63) is 40.2 Å². The fraction of sp³-hybridized carbons (Fsp3) is 0.167. The lowest BCUT2D eigenvalue weighted by molar-refractivity contribution is 0.0985. The van der Waals surface area contributed by atoms with Gasteiger partial charge in [-0.05, 0) is 18.2 Å². The molecule has 0 unspecified atom stereocenters. The molecule has 0 amide bonds. The molecule has 1 aromatic heterocycles. The van der Waals surface area contributed by atoms with E-state index < -0.39 is 5.63 Å². The van der Waals surface area contributed by atoms with Crippen molar-refractivity contribution >= 4 is 16.8 Å². The Morgan fingerprint density at radius 2 is 2.12 bits per heavy atom. The molecule has 0 aliphatic rings. The largest absolute Gasteiger partial charge is 0.508 e. The number of hydrogen-bond donors (Lipinski definition) is 1. The van der Waals surface area contributed by atoms with Crippen LogP contribution in [0, 0.1) is 0 Å². The summed E-state index contributed by atoms with van der Waals surface area (Å²) < 4.78 is 4.96. The highest BCUT2D eigenvalue weighted by Gasteiger charge is 2.11. The number of benzene rings is 1. The van der Waals surface area contributed by atoms with E-state index in [1.165, 1.54) is 18.2 Å². The molecule has 4 nitrogen and oxygen atoms in total. The van der Waals surface area contributed by atoms with Crippen molar-refractivity contribution in [3.8, 4) is 5.75 Å². The molecule has 0 aliphatic heterocycles. The molecule has 0 bridgehead atoms. The summed E-state index contributed by atoms with van der Waals surface area (Å²) in [5.74, 6) is -0.228. The van der Waals surface area contributed by atoms with E-state index in [-0.39, 0.29) is 29.1 Å². The van der Waals surface area contributed by atoms with Crippen LogP contribution in [0.1, 0.15) is 23.7 Å². The molecule has 1 heterocycles. The minimum absolute atomic E-state index is 0.0187. The third-order valence-electron chi connectivity index (χ3n) is 2.34. The van der Waals surface area contributed by atoms with Crippen LogP contribution in [0.25, 0.3) is 11.0 Å². The summed E-state index contributed by atoms with van der Waals surface area (Å²) in [6.45, 7) is 1.68. The number of phenolic OH excluding ortho intramolecular Hbond substituents is 1. The van der Waals surface area contributed by atoms with Crippen molar-refractivity contribution in [2.45, 2.75) is 13.3 Å². The van der Waals surface area contributed by atoms with Gasteiger partial charge in [0.25, 0.3) is 0 Å². The monoisotopic (exact) mass is 218 g/mol. The molecule has 2 rings (SSSR count). The van der Waals surface area contributed by atoms with Crippen LogP contribution in [-0.4, -0.2) is 10.9 Å². The Morgan fingerprint density at radius 3 is 2.81 bits per heavy atom. The molecule has 1 N–H and O–H groups in total. The fourth-order valence-corrected chi connectivity index (χ4v) is 1.48. The predicted octanol–water partition coefficient (Wildman–Crippen LogP) is 2.09. The molecule has 0 radical (unpaired) electrons. The van der Waals surface area contributed by atoms with Crippen LogP contribution < -0.4 is 5.63 Å². The molecular formula is C12H10O4. The maximum absolute atomic E-state index is 11.5. The molecule has 1 aromatic carbocycles. The predicted molar refractivity (Wildman–Crippen MR) is 58.8 cm³/mol. The molecule has 0 spiro atoms. The lowest BCUT2D eigenvalue weighted by atomic mass is 10.1. The molecule has 2 aromatic rings. The van der Waals surface area contributed by atoms with Crippen molar-refractivity contribution in [1.29, 1.82) is 0 Å². The van der Waals surface area contributed by atoms with Gasteiger partial charge in [-0.25, -0.2) is 4.79 Å². The minimum Gasteiger partial charge on any atom is -0.508 e. The first kappa shape index (κ1) is 10.4. The molecule has 0 atom stereocenters. The third kappa shape index (κ3) is 1.69. The summed E-state index contributed by atoms with van der Waals surface area (Å²) >= 11 is 0. The number of phenols is 1. The number of ketones is 1. The number of carbonyl (C=O) groups is 1. The van der Waals surface area contributed by atoms with Gasteiger partial charge in [-0.2, -0.15) is 0 Å². The van der Waals surface area contributed by atoms with Gasteiger partial charge in [-0.15, -0.1) is 0 Å². The van der Waals surface area contributed by atoms with Crippen molar-refractivity contribution in [3.63, 3.8) is 0 Å². The van der Waals surface area contributed by atoms with Gasteiger partial charge in [0.1, 0.15) is 16.9 Å². The number of rotatable bonds is 2. The van der Waals surface area contributed by atoms with Gasteiger partial charge in [0.05, 0.1) is 0 Å². The number of Topliss-reactive ketones (excluding diaryl/α,β-unsaturated/α-hetero) is 1. The lowest BCUT2D eigenvalue weighted by Crippen LogP contribution is -2.12. The zero-order chi connectivity index (χ0) is 11.7. The second-order valence-electron chi connectivity index (χ2n) is 3.45. The second kappa shape index (κ2) is 3.81. The average molecular weight is 218 g/mol. The van der Waals surface area contributed by atoms with E-state index >= 15 is 0 Å². The Labute approximate surface area is 91.1 Å². The summed E-state index contributed by atoms with van der Waals surface area (Å²) in [5, 5.41) is 9.84. The third-order valence-corrected chi connectivity index (χ3v) is 2.34. The average Bonchev–Trinajstić information content (AvgIpc) is 2.27. The maximum Gasteiger partial charge on any atom is 0.347 e. The van der Waals surface area contributed by atoms with Crippen LogP contribution in [-0.2, 0) is 0 Å². The number of fused-ring (bicyclic) bond motifs is 1. The van der Waals surface area contributed by atoms with Gasteiger partial charge in [-0.3, -0.25) is 4.79 Å². The molecule has 0 saturated heterocycles. The molecule has 4 heteroatoms. The molecule has 0 saturated carbocycles. The van der Waals surface area contributed by atoms with E-state index in [0.717, 1.165) is 0 Å². The summed E-state index contributed by atoms with van der Waals surface area (Å²) in [6.07, 6.45) is 0.258. The quantitative estimate of drug-likeness (QED) is 0.619. The Kier molecular flexibility index (Phi) is 2.48. The van der Waals surface area contributed by atoms with Gasteiger partial charge in [0.2, 0.25) is 0 Å². The van der Waals surface area contributed by atoms with Crippen LogP contribution in [0.3, 0.4) is 0 Å². The first-order chi connectivity index (χ1) is 7.61. The van der Waals surface area contributed by atoms with Crippen LogP contribution in [0.5, 0.6) is 5.75 Å². The van der Waals surface area contributed by atoms with E-state index in [1.807, 2.05) is 0 Å². The zero-order valence-electron chi connectivity index (χ0n) is 8.69. The van der Waals surface area contributed by atoms with Crippen molar-refractivity contribution < 1.29 is 14.3 Å². The first-order valence-electron chi connectivity index (χ1n) is 4.92. The van der Waals surface area contributed by atoms with Crippen LogP contribution >= 0.6 is 0 Å². The smallest absolute Gasteiger partial charge is 0.347 e. The minimum atomic E-state index is -0.662. The van der Waals surface area contributed by atoms with E-state index in [1.54, 1.807) is 13.0 Å². The molecule has 0 aliphatic carbocycles. The summed E-state index contributed by atoms with van der Waals surface area (Å²) in [7, 11) is 0. The number of hydrogen-bond acceptors (Lipinski definition) is 4. The molecule has 82 valence electrons. The molecule has 16 heavy (non-hydrogen) atoms. The highest BCUT2D eigenvalue weighted by Crippen LogP contribution is 2.19. The van der Waals surface area contributed by atoms with Crippen LogP contribution in [0.15, 0.2) is 33.5 Å². The molecule has 0 fully saturated rings. The number of aromatic hydroxyl groups is 1. The standard InChI is InChI=1S/C12H10O4/c1-2-10(14)9-5-7-3-4-8(13)6-11(7)16-12(9)15/h3-6,13H,2H2,1H3. The maximum atomic E-state index is 11.5.